The van der Waals surface area contributed by atoms with Crippen molar-refractivity contribution in [2.75, 3.05) is 6.26 Å². The van der Waals surface area contributed by atoms with Gasteiger partial charge in [0.1, 0.15) is 11.5 Å². The number of hydrogen-bond acceptors (Lipinski definition) is 3. The largest absolute Gasteiger partial charge is 0.455 e. The maximum absolute atomic E-state index is 11.3. The maximum Gasteiger partial charge on any atom is 0.159 e. The number of ether oxygens (including phenoxy) is 1. The highest BCUT2D eigenvalue weighted by Gasteiger charge is 2.09. The molecule has 4 heteroatoms. The number of halogens is 1. The van der Waals surface area contributed by atoms with Crippen molar-refractivity contribution < 1.29 is 9.53 Å². The molecule has 2 nitrogen and oxygen atoms in total. The highest BCUT2D eigenvalue weighted by atomic mass is 35.5. The van der Waals surface area contributed by atoms with Crippen molar-refractivity contribution in [3.8, 4) is 11.5 Å². The fourth-order valence-electron chi connectivity index (χ4n) is 1.62. The van der Waals surface area contributed by atoms with E-state index >= 15 is 0 Å². The van der Waals surface area contributed by atoms with Gasteiger partial charge in [0.25, 0.3) is 0 Å². The van der Waals surface area contributed by atoms with Gasteiger partial charge < -0.3 is 4.74 Å². The molecule has 98 valence electrons. The van der Waals surface area contributed by atoms with Gasteiger partial charge in [-0.25, -0.2) is 0 Å². The fraction of sp³-hybridized carbons (Fsp3) is 0.133. The number of para-hydroxylation sites is 1. The highest BCUT2D eigenvalue weighted by Crippen LogP contribution is 2.35. The molecule has 0 saturated heterocycles. The van der Waals surface area contributed by atoms with E-state index in [1.807, 2.05) is 30.5 Å². The van der Waals surface area contributed by atoms with E-state index in [1.165, 1.54) is 6.92 Å². The highest BCUT2D eigenvalue weighted by molar-refractivity contribution is 7.98. The van der Waals surface area contributed by atoms with E-state index in [9.17, 15) is 4.79 Å². The van der Waals surface area contributed by atoms with E-state index in [0.29, 0.717) is 16.3 Å². The standard InChI is InChI=1S/C15H13ClO2S/c1-10(17)11-7-8-13(12(16)9-11)18-14-5-3-4-6-15(14)19-2/h3-9H,1-2H3. The van der Waals surface area contributed by atoms with E-state index < -0.39 is 0 Å². The normalized spacial score (nSPS) is 10.3. The van der Waals surface area contributed by atoms with Crippen LogP contribution in [0.3, 0.4) is 0 Å². The Balaban J connectivity index is 2.31. The molecule has 2 aromatic carbocycles. The Morgan fingerprint density at radius 1 is 1.16 bits per heavy atom. The second kappa shape index (κ2) is 6.13. The summed E-state index contributed by atoms with van der Waals surface area (Å²) in [5, 5.41) is 0.434. The second-order valence-corrected chi connectivity index (χ2v) is 5.21. The minimum Gasteiger partial charge on any atom is -0.455 e. The predicted octanol–water partition coefficient (Wildman–Crippen LogP) is 5.06. The lowest BCUT2D eigenvalue weighted by molar-refractivity contribution is 0.101. The number of carbonyl (C=O) groups excluding carboxylic acids is 1. The van der Waals surface area contributed by atoms with Gasteiger partial charge in [-0.15, -0.1) is 11.8 Å². The lowest BCUT2D eigenvalue weighted by Crippen LogP contribution is -1.93. The Bertz CT molecular complexity index is 611. The van der Waals surface area contributed by atoms with Crippen LogP contribution in [0.5, 0.6) is 11.5 Å². The molecule has 0 aliphatic rings. The van der Waals surface area contributed by atoms with E-state index in [0.717, 1.165) is 10.6 Å². The van der Waals surface area contributed by atoms with Crippen LogP contribution in [0, 0.1) is 0 Å². The first-order chi connectivity index (χ1) is 9.11. The van der Waals surface area contributed by atoms with Gasteiger partial charge in [0.05, 0.1) is 5.02 Å². The van der Waals surface area contributed by atoms with Crippen molar-refractivity contribution >= 4 is 29.1 Å². The van der Waals surface area contributed by atoms with Crippen LogP contribution >= 0.6 is 23.4 Å². The van der Waals surface area contributed by atoms with Crippen LogP contribution in [0.4, 0.5) is 0 Å². The molecule has 0 fully saturated rings. The zero-order valence-corrected chi connectivity index (χ0v) is 12.2. The van der Waals surface area contributed by atoms with Gasteiger partial charge in [-0.3, -0.25) is 4.79 Å². The fourth-order valence-corrected chi connectivity index (χ4v) is 2.37. The minimum atomic E-state index is -0.0158. The summed E-state index contributed by atoms with van der Waals surface area (Å²) in [4.78, 5) is 12.3. The average molecular weight is 293 g/mol. The molecule has 0 spiro atoms. The van der Waals surface area contributed by atoms with Crippen molar-refractivity contribution in [3.05, 3.63) is 53.1 Å². The quantitative estimate of drug-likeness (QED) is 0.582. The molecular weight excluding hydrogens is 280 g/mol. The summed E-state index contributed by atoms with van der Waals surface area (Å²) in [6, 6.07) is 12.8. The van der Waals surface area contributed by atoms with Crippen LogP contribution < -0.4 is 4.74 Å². The maximum atomic E-state index is 11.3. The third-order valence-corrected chi connectivity index (χ3v) is 3.70. The molecule has 0 aromatic heterocycles. The van der Waals surface area contributed by atoms with Gasteiger partial charge in [0, 0.05) is 10.5 Å². The van der Waals surface area contributed by atoms with Crippen molar-refractivity contribution in [3.63, 3.8) is 0 Å². The number of rotatable bonds is 4. The van der Waals surface area contributed by atoms with Crippen LogP contribution in [-0.2, 0) is 0 Å². The van der Waals surface area contributed by atoms with Gasteiger partial charge in [-0.1, -0.05) is 23.7 Å². The lowest BCUT2D eigenvalue weighted by Gasteiger charge is -2.11. The summed E-state index contributed by atoms with van der Waals surface area (Å²) in [5.74, 6) is 1.29. The molecule has 19 heavy (non-hydrogen) atoms. The number of hydrogen-bond donors (Lipinski definition) is 0. The smallest absolute Gasteiger partial charge is 0.159 e. The Kier molecular flexibility index (Phi) is 4.51. The summed E-state index contributed by atoms with van der Waals surface area (Å²) >= 11 is 7.74. The summed E-state index contributed by atoms with van der Waals surface area (Å²) in [6.45, 7) is 1.51. The Hall–Kier alpha value is -1.45. The molecule has 2 aromatic rings. The van der Waals surface area contributed by atoms with Gasteiger partial charge in [0.2, 0.25) is 0 Å². The molecule has 0 amide bonds. The number of benzene rings is 2. The van der Waals surface area contributed by atoms with E-state index in [1.54, 1.807) is 30.0 Å². The van der Waals surface area contributed by atoms with Crippen LogP contribution in [0.25, 0.3) is 0 Å². The first-order valence-corrected chi connectivity index (χ1v) is 7.33. The second-order valence-electron chi connectivity index (χ2n) is 3.95. The predicted molar refractivity (Wildman–Crippen MR) is 79.8 cm³/mol. The van der Waals surface area contributed by atoms with Crippen LogP contribution in [0.2, 0.25) is 5.02 Å². The third kappa shape index (κ3) is 3.31. The summed E-state index contributed by atoms with van der Waals surface area (Å²) in [5.41, 5.74) is 0.579. The molecule has 0 atom stereocenters. The first-order valence-electron chi connectivity index (χ1n) is 5.73. The Morgan fingerprint density at radius 2 is 1.89 bits per heavy atom. The summed E-state index contributed by atoms with van der Waals surface area (Å²) in [7, 11) is 0. The molecular formula is C15H13ClO2S. The molecule has 0 N–H and O–H groups in total. The number of ketones is 1. The zero-order valence-electron chi connectivity index (χ0n) is 10.6. The number of carbonyl (C=O) groups is 1. The zero-order chi connectivity index (χ0) is 13.8. The minimum absolute atomic E-state index is 0.0158. The van der Waals surface area contributed by atoms with E-state index in [4.69, 9.17) is 16.3 Å². The van der Waals surface area contributed by atoms with E-state index in [-0.39, 0.29) is 5.78 Å². The lowest BCUT2D eigenvalue weighted by atomic mass is 10.1. The van der Waals surface area contributed by atoms with Gasteiger partial charge in [0.15, 0.2) is 5.78 Å². The first kappa shape index (κ1) is 14.0. The molecule has 0 heterocycles. The molecule has 0 radical (unpaired) electrons. The third-order valence-electron chi connectivity index (χ3n) is 2.63. The van der Waals surface area contributed by atoms with Crippen molar-refractivity contribution in [1.29, 1.82) is 0 Å². The molecule has 0 bridgehead atoms. The molecule has 2 rings (SSSR count). The van der Waals surface area contributed by atoms with Crippen LogP contribution in [0.1, 0.15) is 17.3 Å². The number of thioether (sulfide) groups is 1. The Labute approximate surface area is 121 Å². The van der Waals surface area contributed by atoms with Gasteiger partial charge in [-0.05, 0) is 43.5 Å². The molecule has 0 saturated carbocycles. The van der Waals surface area contributed by atoms with Crippen molar-refractivity contribution in [2.45, 2.75) is 11.8 Å². The average Bonchev–Trinajstić information content (AvgIpc) is 2.41. The SMILES string of the molecule is CSc1ccccc1Oc1ccc(C(C)=O)cc1Cl. The van der Waals surface area contributed by atoms with Gasteiger partial charge in [-0.2, -0.15) is 0 Å². The van der Waals surface area contributed by atoms with Crippen molar-refractivity contribution in [2.24, 2.45) is 0 Å². The summed E-state index contributed by atoms with van der Waals surface area (Å²) in [6.07, 6.45) is 1.99. The number of Topliss-reactive ketones (excluding diaryl/α,β-unsaturated/α-hetero) is 1. The molecule has 0 aliphatic carbocycles. The Morgan fingerprint density at radius 3 is 2.53 bits per heavy atom. The summed E-state index contributed by atoms with van der Waals surface area (Å²) < 4.78 is 5.80. The molecule has 0 aliphatic heterocycles. The van der Waals surface area contributed by atoms with Crippen LogP contribution in [-0.4, -0.2) is 12.0 Å². The monoisotopic (exact) mass is 292 g/mol. The molecule has 0 unspecified atom stereocenters. The topological polar surface area (TPSA) is 26.3 Å². The van der Waals surface area contributed by atoms with E-state index in [2.05, 4.69) is 0 Å². The van der Waals surface area contributed by atoms with Crippen molar-refractivity contribution in [1.82, 2.24) is 0 Å². The van der Waals surface area contributed by atoms with Crippen LogP contribution in [0.15, 0.2) is 47.4 Å². The van der Waals surface area contributed by atoms with Gasteiger partial charge >= 0.3 is 0 Å².